The van der Waals surface area contributed by atoms with Gasteiger partial charge >= 0.3 is 0 Å². The van der Waals surface area contributed by atoms with Crippen LogP contribution in [0.2, 0.25) is 0 Å². The molecule has 0 aliphatic carbocycles. The second-order valence-electron chi connectivity index (χ2n) is 4.28. The van der Waals surface area contributed by atoms with Gasteiger partial charge in [0.1, 0.15) is 5.82 Å². The van der Waals surface area contributed by atoms with Crippen LogP contribution in [0.25, 0.3) is 0 Å². The number of hydrogen-bond donors (Lipinski definition) is 2. The minimum absolute atomic E-state index is 0.311. The smallest absolute Gasteiger partial charge is 0.171 e. The van der Waals surface area contributed by atoms with Crippen LogP contribution in [0, 0.1) is 12.7 Å². The zero-order valence-electron chi connectivity index (χ0n) is 10.6. The summed E-state index contributed by atoms with van der Waals surface area (Å²) < 4.78 is 13.5. The van der Waals surface area contributed by atoms with Gasteiger partial charge in [0.2, 0.25) is 0 Å². The van der Waals surface area contributed by atoms with Crippen molar-refractivity contribution in [3.8, 4) is 0 Å². The molecule has 0 aliphatic heterocycles. The maximum absolute atomic E-state index is 13.5. The molecular formula is C15H15FN2S. The summed E-state index contributed by atoms with van der Waals surface area (Å²) in [6.07, 6.45) is 0. The van der Waals surface area contributed by atoms with Crippen LogP contribution in [0.3, 0.4) is 0 Å². The van der Waals surface area contributed by atoms with Crippen LogP contribution in [0.15, 0.2) is 48.5 Å². The topological polar surface area (TPSA) is 24.1 Å². The molecule has 2 aromatic carbocycles. The monoisotopic (exact) mass is 274 g/mol. The van der Waals surface area contributed by atoms with Crippen LogP contribution in [0.5, 0.6) is 0 Å². The summed E-state index contributed by atoms with van der Waals surface area (Å²) in [6.45, 7) is 2.52. The zero-order chi connectivity index (χ0) is 13.7. The highest BCUT2D eigenvalue weighted by atomic mass is 32.1. The van der Waals surface area contributed by atoms with E-state index in [0.717, 1.165) is 11.1 Å². The lowest BCUT2D eigenvalue weighted by Gasteiger charge is -2.11. The molecule has 0 unspecified atom stereocenters. The van der Waals surface area contributed by atoms with Gasteiger partial charge in [-0.2, -0.15) is 0 Å². The summed E-state index contributed by atoms with van der Waals surface area (Å²) in [6, 6.07) is 14.8. The summed E-state index contributed by atoms with van der Waals surface area (Å²) in [4.78, 5) is 0. The Bertz CT molecular complexity index is 570. The Morgan fingerprint density at radius 1 is 1.16 bits per heavy atom. The lowest BCUT2D eigenvalue weighted by Crippen LogP contribution is -2.28. The van der Waals surface area contributed by atoms with Crippen LogP contribution in [0.1, 0.15) is 11.1 Å². The minimum atomic E-state index is -0.311. The Morgan fingerprint density at radius 2 is 1.89 bits per heavy atom. The van der Waals surface area contributed by atoms with Gasteiger partial charge in [0, 0.05) is 6.54 Å². The Labute approximate surface area is 117 Å². The number of rotatable bonds is 3. The van der Waals surface area contributed by atoms with E-state index in [4.69, 9.17) is 12.2 Å². The number of halogens is 1. The summed E-state index contributed by atoms with van der Waals surface area (Å²) in [5, 5.41) is 6.32. The summed E-state index contributed by atoms with van der Waals surface area (Å²) in [5.74, 6) is -0.311. The predicted octanol–water partition coefficient (Wildman–Crippen LogP) is 3.62. The molecule has 2 N–H and O–H groups in total. The number of anilines is 1. The van der Waals surface area contributed by atoms with Crippen LogP contribution in [0.4, 0.5) is 10.1 Å². The van der Waals surface area contributed by atoms with E-state index in [1.165, 1.54) is 6.07 Å². The summed E-state index contributed by atoms with van der Waals surface area (Å²) in [7, 11) is 0. The maximum Gasteiger partial charge on any atom is 0.171 e. The average molecular weight is 274 g/mol. The quantitative estimate of drug-likeness (QED) is 0.836. The molecule has 2 rings (SSSR count). The van der Waals surface area contributed by atoms with Crippen LogP contribution >= 0.6 is 12.2 Å². The highest BCUT2D eigenvalue weighted by molar-refractivity contribution is 7.80. The normalized spacial score (nSPS) is 10.0. The van der Waals surface area contributed by atoms with E-state index in [1.54, 1.807) is 12.1 Å². The Hall–Kier alpha value is -1.94. The molecule has 0 fully saturated rings. The molecule has 0 aliphatic rings. The molecule has 0 saturated heterocycles. The van der Waals surface area contributed by atoms with Gasteiger partial charge in [-0.1, -0.05) is 36.4 Å². The molecule has 4 heteroatoms. The highest BCUT2D eigenvalue weighted by Gasteiger charge is 2.04. The molecule has 0 bridgehead atoms. The highest BCUT2D eigenvalue weighted by Crippen LogP contribution is 2.15. The van der Waals surface area contributed by atoms with Crippen molar-refractivity contribution < 1.29 is 4.39 Å². The second kappa shape index (κ2) is 6.29. The van der Waals surface area contributed by atoms with Crippen LogP contribution < -0.4 is 10.6 Å². The third-order valence-corrected chi connectivity index (χ3v) is 2.91. The van der Waals surface area contributed by atoms with Gasteiger partial charge in [-0.3, -0.25) is 0 Å². The summed E-state index contributed by atoms with van der Waals surface area (Å²) in [5.41, 5.74) is 2.50. The van der Waals surface area contributed by atoms with E-state index in [1.807, 2.05) is 37.3 Å². The van der Waals surface area contributed by atoms with Gasteiger partial charge in [-0.05, 0) is 42.4 Å². The largest absolute Gasteiger partial charge is 0.358 e. The first-order valence-electron chi connectivity index (χ1n) is 6.00. The zero-order valence-corrected chi connectivity index (χ0v) is 11.4. The van der Waals surface area contributed by atoms with Crippen molar-refractivity contribution >= 4 is 23.0 Å². The van der Waals surface area contributed by atoms with E-state index < -0.39 is 0 Å². The fourth-order valence-corrected chi connectivity index (χ4v) is 1.86. The average Bonchev–Trinajstić information content (AvgIpc) is 2.42. The molecule has 0 heterocycles. The van der Waals surface area contributed by atoms with E-state index in [9.17, 15) is 4.39 Å². The number of benzene rings is 2. The maximum atomic E-state index is 13.5. The first kappa shape index (κ1) is 13.5. The van der Waals surface area contributed by atoms with Gasteiger partial charge in [-0.15, -0.1) is 0 Å². The fourth-order valence-electron chi connectivity index (χ4n) is 1.68. The molecule has 0 atom stereocenters. The first-order valence-corrected chi connectivity index (χ1v) is 6.41. The van der Waals surface area contributed by atoms with Crippen molar-refractivity contribution in [1.29, 1.82) is 0 Å². The molecule has 0 radical (unpaired) electrons. The van der Waals surface area contributed by atoms with Gasteiger partial charge in [0.05, 0.1) is 5.69 Å². The lowest BCUT2D eigenvalue weighted by atomic mass is 10.2. The molecule has 2 aromatic rings. The first-order chi connectivity index (χ1) is 9.15. The fraction of sp³-hybridized carbons (Fsp3) is 0.133. The van der Waals surface area contributed by atoms with Gasteiger partial charge in [-0.25, -0.2) is 4.39 Å². The minimum Gasteiger partial charge on any atom is -0.358 e. The standard InChI is InChI=1S/C15H15FN2S/c1-11-7-8-13(16)14(9-11)18-15(19)17-10-12-5-3-2-4-6-12/h2-9H,10H2,1H3,(H2,17,18,19). The van der Waals surface area contributed by atoms with Crippen molar-refractivity contribution in [3.63, 3.8) is 0 Å². The molecule has 0 saturated carbocycles. The number of hydrogen-bond acceptors (Lipinski definition) is 1. The lowest BCUT2D eigenvalue weighted by molar-refractivity contribution is 0.631. The summed E-state index contributed by atoms with van der Waals surface area (Å²) >= 11 is 5.15. The van der Waals surface area contributed by atoms with Crippen LogP contribution in [-0.4, -0.2) is 5.11 Å². The van der Waals surface area contributed by atoms with Crippen molar-refractivity contribution in [1.82, 2.24) is 5.32 Å². The number of thiocarbonyl (C=S) groups is 1. The molecule has 2 nitrogen and oxygen atoms in total. The van der Waals surface area contributed by atoms with Gasteiger partial charge in [0.15, 0.2) is 5.11 Å². The van der Waals surface area contributed by atoms with E-state index in [0.29, 0.717) is 17.3 Å². The van der Waals surface area contributed by atoms with Gasteiger partial charge < -0.3 is 10.6 Å². The third-order valence-electron chi connectivity index (χ3n) is 2.67. The van der Waals surface area contributed by atoms with Crippen molar-refractivity contribution in [2.24, 2.45) is 0 Å². The molecule has 0 aromatic heterocycles. The van der Waals surface area contributed by atoms with Crippen molar-refractivity contribution in [3.05, 3.63) is 65.5 Å². The Morgan fingerprint density at radius 3 is 2.63 bits per heavy atom. The molecular weight excluding hydrogens is 259 g/mol. The SMILES string of the molecule is Cc1ccc(F)c(NC(=S)NCc2ccccc2)c1. The van der Waals surface area contributed by atoms with E-state index in [2.05, 4.69) is 10.6 Å². The predicted molar refractivity (Wildman–Crippen MR) is 80.6 cm³/mol. The van der Waals surface area contributed by atoms with E-state index in [-0.39, 0.29) is 5.82 Å². The van der Waals surface area contributed by atoms with Crippen molar-refractivity contribution in [2.45, 2.75) is 13.5 Å². The van der Waals surface area contributed by atoms with Crippen LogP contribution in [-0.2, 0) is 6.54 Å². The van der Waals surface area contributed by atoms with Crippen molar-refractivity contribution in [2.75, 3.05) is 5.32 Å². The van der Waals surface area contributed by atoms with E-state index >= 15 is 0 Å². The number of aryl methyl sites for hydroxylation is 1. The molecule has 0 spiro atoms. The molecule has 0 amide bonds. The second-order valence-corrected chi connectivity index (χ2v) is 4.68. The third kappa shape index (κ3) is 4.03. The molecule has 19 heavy (non-hydrogen) atoms. The Kier molecular flexibility index (Phi) is 4.47. The van der Waals surface area contributed by atoms with Gasteiger partial charge in [0.25, 0.3) is 0 Å². The molecule has 98 valence electrons. The Balaban J connectivity index is 1.93. The number of nitrogens with one attached hydrogen (secondary N) is 2.